The lowest BCUT2D eigenvalue weighted by Crippen LogP contribution is -2.14. The van der Waals surface area contributed by atoms with Crippen molar-refractivity contribution in [1.82, 2.24) is 30.4 Å². The summed E-state index contributed by atoms with van der Waals surface area (Å²) in [6, 6.07) is 7.29. The van der Waals surface area contributed by atoms with Crippen LogP contribution in [0.25, 0.3) is 0 Å². The first kappa shape index (κ1) is 22.6. The van der Waals surface area contributed by atoms with E-state index in [-0.39, 0.29) is 24.7 Å². The molecule has 0 aliphatic heterocycles. The van der Waals surface area contributed by atoms with Gasteiger partial charge in [0.1, 0.15) is 10.0 Å². The number of rotatable bonds is 10. The largest absolute Gasteiger partial charge is 0.300 e. The first-order valence-corrected chi connectivity index (χ1v) is 11.8. The van der Waals surface area contributed by atoms with Gasteiger partial charge >= 0.3 is 0 Å². The number of aromatic nitrogens is 6. The third-order valence-corrected chi connectivity index (χ3v) is 6.18. The maximum Gasteiger partial charge on any atom is 0.230 e. The van der Waals surface area contributed by atoms with Crippen molar-refractivity contribution in [2.75, 3.05) is 10.6 Å². The predicted octanol–water partition coefficient (Wildman–Crippen LogP) is 2.72. The van der Waals surface area contributed by atoms with Crippen molar-refractivity contribution < 1.29 is 9.59 Å². The van der Waals surface area contributed by atoms with Crippen molar-refractivity contribution in [3.63, 3.8) is 0 Å². The molecule has 168 valence electrons. The molecule has 4 aromatic rings. The van der Waals surface area contributed by atoms with Crippen LogP contribution in [0.3, 0.4) is 0 Å². The molecular formula is C21H20N8O2S2. The van der Waals surface area contributed by atoms with Crippen LogP contribution in [-0.4, -0.2) is 42.2 Å². The van der Waals surface area contributed by atoms with Crippen LogP contribution in [0.4, 0.5) is 10.3 Å². The van der Waals surface area contributed by atoms with E-state index in [0.29, 0.717) is 23.1 Å². The van der Waals surface area contributed by atoms with E-state index in [1.165, 1.54) is 22.7 Å². The molecule has 0 aliphatic rings. The van der Waals surface area contributed by atoms with Crippen molar-refractivity contribution in [2.24, 2.45) is 0 Å². The van der Waals surface area contributed by atoms with Crippen molar-refractivity contribution in [3.8, 4) is 0 Å². The number of pyridine rings is 2. The number of carbonyl (C=O) groups is 2. The highest BCUT2D eigenvalue weighted by atomic mass is 32.1. The Kier molecular flexibility index (Phi) is 7.72. The Labute approximate surface area is 197 Å². The molecular weight excluding hydrogens is 460 g/mol. The van der Waals surface area contributed by atoms with E-state index < -0.39 is 0 Å². The van der Waals surface area contributed by atoms with Crippen LogP contribution in [0, 0.1) is 0 Å². The van der Waals surface area contributed by atoms with E-state index in [1.807, 2.05) is 12.1 Å². The second-order valence-corrected chi connectivity index (χ2v) is 9.15. The van der Waals surface area contributed by atoms with Gasteiger partial charge in [0.15, 0.2) is 0 Å². The fourth-order valence-corrected chi connectivity index (χ4v) is 4.50. The molecule has 0 atom stereocenters. The number of hydrogen-bond acceptors (Lipinski definition) is 10. The molecule has 2 N–H and O–H groups in total. The van der Waals surface area contributed by atoms with E-state index in [1.54, 1.807) is 36.9 Å². The van der Waals surface area contributed by atoms with Crippen LogP contribution in [-0.2, 0) is 35.3 Å². The van der Waals surface area contributed by atoms with Crippen LogP contribution in [0.1, 0.15) is 27.6 Å². The average molecular weight is 481 g/mol. The van der Waals surface area contributed by atoms with Crippen LogP contribution in [0.2, 0.25) is 0 Å². The summed E-state index contributed by atoms with van der Waals surface area (Å²) in [5.41, 5.74) is 1.67. The normalized spacial score (nSPS) is 10.7. The number of carbonyl (C=O) groups excluding carboxylic acids is 2. The molecule has 0 aliphatic carbocycles. The predicted molar refractivity (Wildman–Crippen MR) is 125 cm³/mol. The fraction of sp³-hybridized carbons (Fsp3) is 0.238. The highest BCUT2D eigenvalue weighted by molar-refractivity contribution is 7.15. The summed E-state index contributed by atoms with van der Waals surface area (Å²) in [5, 5.41) is 24.5. The number of anilines is 2. The maximum absolute atomic E-state index is 12.1. The second-order valence-electron chi connectivity index (χ2n) is 7.03. The summed E-state index contributed by atoms with van der Waals surface area (Å²) in [6.07, 6.45) is 9.35. The summed E-state index contributed by atoms with van der Waals surface area (Å²) in [4.78, 5) is 32.3. The van der Waals surface area contributed by atoms with E-state index in [4.69, 9.17) is 0 Å². The molecule has 10 nitrogen and oxygen atoms in total. The zero-order chi connectivity index (χ0) is 22.9. The highest BCUT2D eigenvalue weighted by Crippen LogP contribution is 2.20. The zero-order valence-corrected chi connectivity index (χ0v) is 19.1. The van der Waals surface area contributed by atoms with E-state index in [0.717, 1.165) is 27.6 Å². The lowest BCUT2D eigenvalue weighted by molar-refractivity contribution is -0.116. The number of nitrogens with zero attached hydrogens (tertiary/aromatic N) is 6. The van der Waals surface area contributed by atoms with Crippen LogP contribution >= 0.6 is 22.7 Å². The molecule has 2 amide bonds. The lowest BCUT2D eigenvalue weighted by atomic mass is 10.2. The van der Waals surface area contributed by atoms with Crippen LogP contribution in [0.5, 0.6) is 0 Å². The molecule has 4 aromatic heterocycles. The summed E-state index contributed by atoms with van der Waals surface area (Å²) in [6.45, 7) is 0. The van der Waals surface area contributed by atoms with Gasteiger partial charge in [-0.25, -0.2) is 0 Å². The van der Waals surface area contributed by atoms with Gasteiger partial charge in [0.2, 0.25) is 22.1 Å². The first-order chi connectivity index (χ1) is 16.1. The smallest absolute Gasteiger partial charge is 0.230 e. The van der Waals surface area contributed by atoms with Crippen molar-refractivity contribution >= 4 is 44.8 Å². The molecule has 0 saturated heterocycles. The number of nitrogens with one attached hydrogen (secondary N) is 2. The third kappa shape index (κ3) is 7.19. The summed E-state index contributed by atoms with van der Waals surface area (Å²) >= 11 is 2.71. The lowest BCUT2D eigenvalue weighted by Gasteiger charge is -2.00. The highest BCUT2D eigenvalue weighted by Gasteiger charge is 2.11. The molecule has 12 heteroatoms. The number of aryl methyl sites for hydroxylation is 2. The van der Waals surface area contributed by atoms with Gasteiger partial charge in [-0.2, -0.15) is 0 Å². The van der Waals surface area contributed by atoms with Crippen molar-refractivity contribution in [3.05, 3.63) is 70.2 Å². The van der Waals surface area contributed by atoms with Gasteiger partial charge in [0.05, 0.1) is 12.8 Å². The molecule has 0 aromatic carbocycles. The molecule has 0 spiro atoms. The third-order valence-electron chi connectivity index (χ3n) is 4.38. The van der Waals surface area contributed by atoms with Crippen LogP contribution in [0.15, 0.2) is 49.1 Å². The van der Waals surface area contributed by atoms with Gasteiger partial charge in [0, 0.05) is 37.6 Å². The summed E-state index contributed by atoms with van der Waals surface area (Å²) < 4.78 is 0. The Hall–Kier alpha value is -3.64. The SMILES string of the molecule is O=C(Cc1cccnc1)Nc1nnc(CCCc2nnc(NC(=O)Cc3cccnc3)s2)s1. The Morgan fingerprint density at radius 2 is 1.21 bits per heavy atom. The molecule has 0 unspecified atom stereocenters. The van der Waals surface area contributed by atoms with Crippen molar-refractivity contribution in [2.45, 2.75) is 32.1 Å². The number of hydrogen-bond donors (Lipinski definition) is 2. The van der Waals surface area contributed by atoms with Gasteiger partial charge in [-0.1, -0.05) is 34.8 Å². The van der Waals surface area contributed by atoms with Crippen molar-refractivity contribution in [1.29, 1.82) is 0 Å². The minimum atomic E-state index is -0.155. The van der Waals surface area contributed by atoms with Gasteiger partial charge < -0.3 is 10.6 Å². The molecule has 0 radical (unpaired) electrons. The Morgan fingerprint density at radius 1 is 0.727 bits per heavy atom. The average Bonchev–Trinajstić information content (AvgIpc) is 3.44. The minimum absolute atomic E-state index is 0.155. The maximum atomic E-state index is 12.1. The van der Waals surface area contributed by atoms with E-state index in [2.05, 4.69) is 41.0 Å². The van der Waals surface area contributed by atoms with E-state index in [9.17, 15) is 9.59 Å². The van der Waals surface area contributed by atoms with Crippen LogP contribution < -0.4 is 10.6 Å². The minimum Gasteiger partial charge on any atom is -0.300 e. The summed E-state index contributed by atoms with van der Waals surface area (Å²) in [7, 11) is 0. The first-order valence-electron chi connectivity index (χ1n) is 10.2. The molecule has 4 rings (SSSR count). The topological polar surface area (TPSA) is 136 Å². The molecule has 0 saturated carbocycles. The van der Waals surface area contributed by atoms with Gasteiger partial charge in [0.25, 0.3) is 0 Å². The van der Waals surface area contributed by atoms with Gasteiger partial charge in [-0.3, -0.25) is 19.6 Å². The number of amides is 2. The van der Waals surface area contributed by atoms with E-state index >= 15 is 0 Å². The summed E-state index contributed by atoms with van der Waals surface area (Å²) in [5.74, 6) is -0.310. The quantitative estimate of drug-likeness (QED) is 0.354. The van der Waals surface area contributed by atoms with Gasteiger partial charge in [-0.05, 0) is 29.7 Å². The molecule has 4 heterocycles. The van der Waals surface area contributed by atoms with Gasteiger partial charge in [-0.15, -0.1) is 20.4 Å². The molecule has 0 fully saturated rings. The Bertz CT molecular complexity index is 1100. The molecule has 0 bridgehead atoms. The second kappa shape index (κ2) is 11.3. The Balaban J connectivity index is 1.19. The standard InChI is InChI=1S/C21H20N8O2S2/c30-16(10-14-4-2-8-22-12-14)24-20-28-26-18(32-20)6-1-7-19-27-29-21(33-19)25-17(31)11-15-5-3-9-23-13-15/h2-5,8-9,12-13H,1,6-7,10-11H2,(H,24,28,30)(H,25,29,31). The monoisotopic (exact) mass is 480 g/mol. The fourth-order valence-electron chi connectivity index (χ4n) is 2.90. The molecule has 33 heavy (non-hydrogen) atoms. The zero-order valence-electron chi connectivity index (χ0n) is 17.5. The Morgan fingerprint density at radius 3 is 1.64 bits per heavy atom.